The molecule has 43 valence electrons. The van der Waals surface area contributed by atoms with Crippen LogP contribution in [0.15, 0.2) is 11.4 Å². The maximum Gasteiger partial charge on any atom is 0 e. The van der Waals surface area contributed by atoms with E-state index in [-0.39, 0.29) is 32.7 Å². The maximum absolute atomic E-state index is 3.64. The predicted octanol–water partition coefficient (Wildman–Crippen LogP) is 1.97. The SMILES string of the molecule is CC.[Y].[c-]1ccsn1. The molecule has 1 radical (unpaired) electrons. The van der Waals surface area contributed by atoms with Crippen LogP contribution in [0.4, 0.5) is 0 Å². The molecule has 0 N–H and O–H groups in total. The molecule has 1 rings (SSSR count). The van der Waals surface area contributed by atoms with E-state index < -0.39 is 0 Å². The third-order valence-electron chi connectivity index (χ3n) is 0.309. The van der Waals surface area contributed by atoms with Crippen molar-refractivity contribution in [1.29, 1.82) is 0 Å². The fourth-order valence-electron chi connectivity index (χ4n) is 0.152. The van der Waals surface area contributed by atoms with Crippen molar-refractivity contribution >= 4 is 11.5 Å². The van der Waals surface area contributed by atoms with Gasteiger partial charge in [0.15, 0.2) is 0 Å². The van der Waals surface area contributed by atoms with E-state index in [2.05, 4.69) is 10.6 Å². The first-order chi connectivity index (χ1) is 3.50. The Morgan fingerprint density at radius 2 is 2.12 bits per heavy atom. The first-order valence-electron chi connectivity index (χ1n) is 2.26. The average molecular weight is 203 g/mol. The van der Waals surface area contributed by atoms with E-state index in [1.54, 1.807) is 6.07 Å². The third-order valence-corrected chi connectivity index (χ3v) is 0.777. The van der Waals surface area contributed by atoms with E-state index in [9.17, 15) is 0 Å². The van der Waals surface area contributed by atoms with Gasteiger partial charge in [-0.2, -0.15) is 11.5 Å². The summed E-state index contributed by atoms with van der Waals surface area (Å²) in [5.41, 5.74) is 0. The molecule has 0 fully saturated rings. The summed E-state index contributed by atoms with van der Waals surface area (Å²) < 4.78 is 3.64. The summed E-state index contributed by atoms with van der Waals surface area (Å²) in [5.74, 6) is 0. The van der Waals surface area contributed by atoms with Crippen molar-refractivity contribution in [3.05, 3.63) is 17.6 Å². The molecule has 0 saturated carbocycles. The van der Waals surface area contributed by atoms with Crippen molar-refractivity contribution in [2.45, 2.75) is 13.8 Å². The number of aromatic nitrogens is 1. The van der Waals surface area contributed by atoms with Crippen molar-refractivity contribution in [2.75, 3.05) is 0 Å². The van der Waals surface area contributed by atoms with Crippen LogP contribution in [0.1, 0.15) is 13.8 Å². The molecule has 0 spiro atoms. The normalized spacial score (nSPS) is 5.75. The van der Waals surface area contributed by atoms with Crippen LogP contribution in [0, 0.1) is 6.20 Å². The van der Waals surface area contributed by atoms with Crippen molar-refractivity contribution in [2.24, 2.45) is 0 Å². The van der Waals surface area contributed by atoms with Crippen molar-refractivity contribution in [3.8, 4) is 0 Å². The van der Waals surface area contributed by atoms with Crippen LogP contribution in [-0.2, 0) is 32.7 Å². The monoisotopic (exact) mass is 203 g/mol. The zero-order valence-corrected chi connectivity index (χ0v) is 8.74. The Bertz CT molecular complexity index is 68.9. The van der Waals surface area contributed by atoms with Gasteiger partial charge in [0.2, 0.25) is 0 Å². The predicted molar refractivity (Wildman–Crippen MR) is 32.3 cm³/mol. The summed E-state index contributed by atoms with van der Waals surface area (Å²) in [5, 5.41) is 1.88. The molecule has 0 amide bonds. The molecule has 1 nitrogen and oxygen atoms in total. The Balaban J connectivity index is 0. The molecule has 0 aliphatic carbocycles. The molecule has 0 aliphatic heterocycles. The standard InChI is InChI=1S/C3H2NS.C2H6.Y/c1-2-4-5-3-1;1-2;/h1,3H;1-2H3;/q-1;;. The molecule has 1 aromatic heterocycles. The van der Waals surface area contributed by atoms with Crippen molar-refractivity contribution in [1.82, 2.24) is 4.37 Å². The second-order valence-electron chi connectivity index (χ2n) is 0.629. The first-order valence-corrected chi connectivity index (χ1v) is 3.10. The Hall–Kier alpha value is 0.734. The van der Waals surface area contributed by atoms with Gasteiger partial charge in [-0.25, -0.2) is 6.07 Å². The van der Waals surface area contributed by atoms with E-state index in [1.807, 2.05) is 19.2 Å². The summed E-state index contributed by atoms with van der Waals surface area (Å²) in [6.07, 6.45) is 2.63. The average Bonchev–Trinajstić information content (AvgIpc) is 2.23. The summed E-state index contributed by atoms with van der Waals surface area (Å²) >= 11 is 1.41. The van der Waals surface area contributed by atoms with Gasteiger partial charge >= 0.3 is 0 Å². The fraction of sp³-hybridized carbons (Fsp3) is 0.400. The Kier molecular flexibility index (Phi) is 15.4. The van der Waals surface area contributed by atoms with E-state index in [4.69, 9.17) is 0 Å². The van der Waals surface area contributed by atoms with Crippen LogP contribution in [-0.4, -0.2) is 4.37 Å². The molecule has 0 saturated heterocycles. The maximum atomic E-state index is 3.64. The minimum absolute atomic E-state index is 0. The van der Waals surface area contributed by atoms with Crippen LogP contribution >= 0.6 is 11.5 Å². The third kappa shape index (κ3) is 6.73. The minimum Gasteiger partial charge on any atom is -0.325 e. The second kappa shape index (κ2) is 10.7. The molecule has 8 heavy (non-hydrogen) atoms. The van der Waals surface area contributed by atoms with Crippen molar-refractivity contribution < 1.29 is 32.7 Å². The Labute approximate surface area is 79.6 Å². The van der Waals surface area contributed by atoms with E-state index in [1.165, 1.54) is 11.5 Å². The Morgan fingerprint density at radius 1 is 1.50 bits per heavy atom. The number of nitrogens with zero attached hydrogens (tertiary/aromatic N) is 1. The van der Waals surface area contributed by atoms with Gasteiger partial charge in [-0.1, -0.05) is 13.8 Å². The van der Waals surface area contributed by atoms with Crippen LogP contribution < -0.4 is 0 Å². The molecule has 0 atom stereocenters. The summed E-state index contributed by atoms with van der Waals surface area (Å²) in [6.45, 7) is 4.00. The molecule has 0 unspecified atom stereocenters. The first kappa shape index (κ1) is 11.5. The molecular formula is C5H8NSY-. The van der Waals surface area contributed by atoms with Gasteiger partial charge in [0.1, 0.15) is 0 Å². The summed E-state index contributed by atoms with van der Waals surface area (Å²) in [6, 6.07) is 1.78. The zero-order valence-electron chi connectivity index (χ0n) is 5.09. The van der Waals surface area contributed by atoms with Crippen LogP contribution in [0.5, 0.6) is 0 Å². The van der Waals surface area contributed by atoms with E-state index in [0.717, 1.165) is 0 Å². The Morgan fingerprint density at radius 3 is 2.25 bits per heavy atom. The van der Waals surface area contributed by atoms with Gasteiger partial charge in [-0.15, -0.1) is 11.6 Å². The van der Waals surface area contributed by atoms with Crippen LogP contribution in [0.25, 0.3) is 0 Å². The van der Waals surface area contributed by atoms with Gasteiger partial charge in [-0.3, -0.25) is 0 Å². The summed E-state index contributed by atoms with van der Waals surface area (Å²) in [4.78, 5) is 0. The molecule has 0 aliphatic rings. The number of hydrogen-bond donors (Lipinski definition) is 0. The van der Waals surface area contributed by atoms with E-state index >= 15 is 0 Å². The molecule has 1 aromatic rings. The van der Waals surface area contributed by atoms with Gasteiger partial charge in [0.25, 0.3) is 0 Å². The molecule has 0 aromatic carbocycles. The fourth-order valence-corrected chi connectivity index (χ4v) is 0.456. The molecule has 1 heterocycles. The van der Waals surface area contributed by atoms with Crippen molar-refractivity contribution in [3.63, 3.8) is 0 Å². The smallest absolute Gasteiger partial charge is 0 e. The second-order valence-corrected chi connectivity index (χ2v) is 1.29. The quantitative estimate of drug-likeness (QED) is 0.587. The van der Waals surface area contributed by atoms with Gasteiger partial charge < -0.3 is 4.37 Å². The van der Waals surface area contributed by atoms with Gasteiger partial charge in [0, 0.05) is 32.7 Å². The molecular weight excluding hydrogens is 195 g/mol. The van der Waals surface area contributed by atoms with Crippen LogP contribution in [0.3, 0.4) is 0 Å². The minimum atomic E-state index is 0. The zero-order chi connectivity index (χ0) is 5.54. The topological polar surface area (TPSA) is 12.9 Å². The number of hydrogen-bond acceptors (Lipinski definition) is 2. The van der Waals surface area contributed by atoms with Gasteiger partial charge in [-0.05, 0) is 0 Å². The van der Waals surface area contributed by atoms with Crippen LogP contribution in [0.2, 0.25) is 0 Å². The molecule has 3 heteroatoms. The van der Waals surface area contributed by atoms with E-state index in [0.29, 0.717) is 0 Å². The largest absolute Gasteiger partial charge is 0.325 e. The molecule has 0 bridgehead atoms. The van der Waals surface area contributed by atoms with Gasteiger partial charge in [0.05, 0.1) is 0 Å². The summed E-state index contributed by atoms with van der Waals surface area (Å²) in [7, 11) is 0. The number of rotatable bonds is 0.